The van der Waals surface area contributed by atoms with E-state index in [-0.39, 0.29) is 12.5 Å². The fraction of sp³-hybridized carbons (Fsp3) is 0.917. The lowest BCUT2D eigenvalue weighted by Crippen LogP contribution is -2.57. The number of amides is 1. The number of aliphatic hydroxyl groups is 1. The van der Waals surface area contributed by atoms with Gasteiger partial charge in [0, 0.05) is 7.11 Å². The van der Waals surface area contributed by atoms with Gasteiger partial charge in [0.05, 0.1) is 12.1 Å². The average Bonchev–Trinajstić information content (AvgIpc) is 2.30. The molecule has 0 aliphatic heterocycles. The van der Waals surface area contributed by atoms with Gasteiger partial charge in [0.15, 0.2) is 0 Å². The molecule has 0 spiro atoms. The van der Waals surface area contributed by atoms with E-state index in [1.807, 2.05) is 0 Å². The van der Waals surface area contributed by atoms with Crippen molar-refractivity contribution in [3.05, 3.63) is 0 Å². The van der Waals surface area contributed by atoms with E-state index in [1.165, 1.54) is 13.5 Å². The van der Waals surface area contributed by atoms with Crippen molar-refractivity contribution < 1.29 is 14.6 Å². The summed E-state index contributed by atoms with van der Waals surface area (Å²) in [5, 5.41) is 12.4. The summed E-state index contributed by atoms with van der Waals surface area (Å²) in [5.74, 6) is -0.147. The van der Waals surface area contributed by atoms with Crippen LogP contribution in [0.1, 0.15) is 46.0 Å². The first kappa shape index (κ1) is 13.5. The zero-order valence-electron chi connectivity index (χ0n) is 10.5. The first-order chi connectivity index (χ1) is 7.46. The zero-order chi connectivity index (χ0) is 12.2. The van der Waals surface area contributed by atoms with E-state index in [0.29, 0.717) is 0 Å². The van der Waals surface area contributed by atoms with Crippen LogP contribution in [0.3, 0.4) is 0 Å². The van der Waals surface area contributed by atoms with Gasteiger partial charge in [0.2, 0.25) is 0 Å². The smallest absolute Gasteiger partial charge is 0.252 e. The summed E-state index contributed by atoms with van der Waals surface area (Å²) >= 11 is 0. The molecule has 16 heavy (non-hydrogen) atoms. The molecule has 1 aliphatic rings. The van der Waals surface area contributed by atoms with Gasteiger partial charge in [-0.1, -0.05) is 19.3 Å². The van der Waals surface area contributed by atoms with Crippen molar-refractivity contribution in [1.82, 2.24) is 5.32 Å². The van der Waals surface area contributed by atoms with Crippen molar-refractivity contribution >= 4 is 5.91 Å². The molecule has 0 heterocycles. The van der Waals surface area contributed by atoms with Crippen molar-refractivity contribution in [3.8, 4) is 0 Å². The largest absolute Gasteiger partial charge is 0.394 e. The number of hydrogen-bond acceptors (Lipinski definition) is 3. The van der Waals surface area contributed by atoms with Gasteiger partial charge in [0.25, 0.3) is 5.91 Å². The van der Waals surface area contributed by atoms with Gasteiger partial charge in [-0.15, -0.1) is 0 Å². The van der Waals surface area contributed by atoms with Crippen molar-refractivity contribution in [1.29, 1.82) is 0 Å². The number of rotatable bonds is 4. The summed E-state index contributed by atoms with van der Waals surface area (Å²) in [6, 6.07) is 0. The Morgan fingerprint density at radius 1 is 1.38 bits per heavy atom. The Labute approximate surface area is 97.4 Å². The second kappa shape index (κ2) is 5.15. The number of ether oxygens (including phenoxy) is 1. The molecule has 0 atom stereocenters. The maximum absolute atomic E-state index is 12.0. The molecule has 1 amide bonds. The van der Waals surface area contributed by atoms with E-state index < -0.39 is 11.1 Å². The summed E-state index contributed by atoms with van der Waals surface area (Å²) in [4.78, 5) is 12.0. The molecule has 0 saturated heterocycles. The van der Waals surface area contributed by atoms with E-state index >= 15 is 0 Å². The number of hydrogen-bond donors (Lipinski definition) is 2. The molecule has 0 radical (unpaired) electrons. The monoisotopic (exact) mass is 229 g/mol. The second-order valence-corrected chi connectivity index (χ2v) is 5.17. The fourth-order valence-corrected chi connectivity index (χ4v) is 2.04. The van der Waals surface area contributed by atoms with Gasteiger partial charge in [-0.25, -0.2) is 0 Å². The summed E-state index contributed by atoms with van der Waals surface area (Å²) in [6.45, 7) is 3.48. The standard InChI is InChI=1S/C12H23NO3/c1-11(2,16-3)10(15)13-12(9-14)7-5-4-6-8-12/h14H,4-9H2,1-3H3,(H,13,15). The number of nitrogens with one attached hydrogen (secondary N) is 1. The molecular formula is C12H23NO3. The number of carbonyl (C=O) groups is 1. The molecule has 0 bridgehead atoms. The topological polar surface area (TPSA) is 58.6 Å². The van der Waals surface area contributed by atoms with Crippen LogP contribution in [0, 0.1) is 0 Å². The molecule has 0 unspecified atom stereocenters. The van der Waals surface area contributed by atoms with Gasteiger partial charge in [-0.3, -0.25) is 4.79 Å². The molecule has 4 nitrogen and oxygen atoms in total. The molecule has 1 rings (SSSR count). The highest BCUT2D eigenvalue weighted by molar-refractivity contribution is 5.85. The van der Waals surface area contributed by atoms with Gasteiger partial charge >= 0.3 is 0 Å². The van der Waals surface area contributed by atoms with Gasteiger partial charge in [0.1, 0.15) is 5.60 Å². The van der Waals surface area contributed by atoms with Crippen LogP contribution in [0.4, 0.5) is 0 Å². The third kappa shape index (κ3) is 2.95. The van der Waals surface area contributed by atoms with Crippen LogP contribution in [-0.4, -0.2) is 35.9 Å². The normalized spacial score (nSPS) is 20.5. The van der Waals surface area contributed by atoms with Crippen molar-refractivity contribution in [2.24, 2.45) is 0 Å². The number of carbonyl (C=O) groups excluding carboxylic acids is 1. The fourth-order valence-electron chi connectivity index (χ4n) is 2.04. The predicted octanol–water partition coefficient (Wildman–Crippen LogP) is 1.22. The van der Waals surface area contributed by atoms with Gasteiger partial charge < -0.3 is 15.2 Å². The Bertz CT molecular complexity index is 245. The van der Waals surface area contributed by atoms with Gasteiger partial charge in [-0.2, -0.15) is 0 Å². The third-order valence-electron chi connectivity index (χ3n) is 3.55. The first-order valence-electron chi connectivity index (χ1n) is 5.94. The molecule has 2 N–H and O–H groups in total. The van der Waals surface area contributed by atoms with Crippen molar-refractivity contribution in [2.45, 2.75) is 57.1 Å². The molecule has 0 aromatic heterocycles. The van der Waals surface area contributed by atoms with E-state index in [0.717, 1.165) is 25.7 Å². The lowest BCUT2D eigenvalue weighted by atomic mass is 9.82. The lowest BCUT2D eigenvalue weighted by molar-refractivity contribution is -0.142. The molecule has 4 heteroatoms. The Morgan fingerprint density at radius 3 is 2.38 bits per heavy atom. The minimum absolute atomic E-state index is 0.0124. The van der Waals surface area contributed by atoms with Crippen LogP contribution in [0.2, 0.25) is 0 Å². The van der Waals surface area contributed by atoms with E-state index in [1.54, 1.807) is 13.8 Å². The van der Waals surface area contributed by atoms with Crippen molar-refractivity contribution in [2.75, 3.05) is 13.7 Å². The Balaban J connectivity index is 2.66. The summed E-state index contributed by atoms with van der Waals surface area (Å²) in [6.07, 6.45) is 5.03. The van der Waals surface area contributed by atoms with Crippen molar-refractivity contribution in [3.63, 3.8) is 0 Å². The van der Waals surface area contributed by atoms with Crippen LogP contribution in [0.5, 0.6) is 0 Å². The molecule has 1 aliphatic carbocycles. The SMILES string of the molecule is COC(C)(C)C(=O)NC1(CO)CCCCC1. The summed E-state index contributed by atoms with van der Waals surface area (Å²) < 4.78 is 5.14. The van der Waals surface area contributed by atoms with Crippen LogP contribution >= 0.6 is 0 Å². The minimum Gasteiger partial charge on any atom is -0.394 e. The quantitative estimate of drug-likeness (QED) is 0.762. The molecule has 94 valence electrons. The van der Waals surface area contributed by atoms with Crippen LogP contribution in [0.15, 0.2) is 0 Å². The van der Waals surface area contributed by atoms with E-state index in [2.05, 4.69) is 5.32 Å². The lowest BCUT2D eigenvalue weighted by Gasteiger charge is -2.38. The molecule has 0 aromatic rings. The number of aliphatic hydroxyl groups excluding tert-OH is 1. The molecular weight excluding hydrogens is 206 g/mol. The van der Waals surface area contributed by atoms with Crippen LogP contribution < -0.4 is 5.32 Å². The Hall–Kier alpha value is -0.610. The predicted molar refractivity (Wildman–Crippen MR) is 62.1 cm³/mol. The highest BCUT2D eigenvalue weighted by Crippen LogP contribution is 2.28. The maximum atomic E-state index is 12.0. The zero-order valence-corrected chi connectivity index (χ0v) is 10.5. The number of methoxy groups -OCH3 is 1. The first-order valence-corrected chi connectivity index (χ1v) is 5.94. The maximum Gasteiger partial charge on any atom is 0.252 e. The van der Waals surface area contributed by atoms with Crippen LogP contribution in [0.25, 0.3) is 0 Å². The minimum atomic E-state index is -0.834. The summed E-state index contributed by atoms with van der Waals surface area (Å²) in [7, 11) is 1.52. The van der Waals surface area contributed by atoms with E-state index in [9.17, 15) is 9.90 Å². The Morgan fingerprint density at radius 2 is 1.94 bits per heavy atom. The van der Waals surface area contributed by atoms with E-state index in [4.69, 9.17) is 4.74 Å². The average molecular weight is 229 g/mol. The summed E-state index contributed by atoms with van der Waals surface area (Å²) in [5.41, 5.74) is -1.26. The molecule has 1 saturated carbocycles. The molecule has 0 aromatic carbocycles. The van der Waals surface area contributed by atoms with Crippen LogP contribution in [-0.2, 0) is 9.53 Å². The Kier molecular flexibility index (Phi) is 4.33. The highest BCUT2D eigenvalue weighted by Gasteiger charge is 2.37. The third-order valence-corrected chi connectivity index (χ3v) is 3.55. The second-order valence-electron chi connectivity index (χ2n) is 5.17. The highest BCUT2D eigenvalue weighted by atomic mass is 16.5. The molecule has 1 fully saturated rings. The van der Waals surface area contributed by atoms with Gasteiger partial charge in [-0.05, 0) is 26.7 Å².